The van der Waals surface area contributed by atoms with E-state index in [-0.39, 0.29) is 13.2 Å². The number of ether oxygens (including phenoxy) is 7. The molecule has 30 heavy (non-hydrogen) atoms. The highest BCUT2D eigenvalue weighted by molar-refractivity contribution is 5.68. The first-order chi connectivity index (χ1) is 14.1. The summed E-state index contributed by atoms with van der Waals surface area (Å²) >= 11 is 0. The van der Waals surface area contributed by atoms with Gasteiger partial charge in [-0.2, -0.15) is 0 Å². The van der Waals surface area contributed by atoms with Crippen molar-refractivity contribution < 1.29 is 52.3 Å². The molecule has 1 saturated heterocycles. The van der Waals surface area contributed by atoms with Crippen molar-refractivity contribution in [2.24, 2.45) is 0 Å². The van der Waals surface area contributed by atoms with Crippen LogP contribution in [0.5, 0.6) is 0 Å². The van der Waals surface area contributed by atoms with Gasteiger partial charge in [0.2, 0.25) is 12.4 Å². The van der Waals surface area contributed by atoms with Crippen molar-refractivity contribution in [3.63, 3.8) is 0 Å². The molecule has 0 amide bonds. The maximum atomic E-state index is 11.7. The molecule has 0 aromatic carbocycles. The number of hydrogen-bond acceptors (Lipinski definition) is 11. The summed E-state index contributed by atoms with van der Waals surface area (Å²) in [6.07, 6.45) is -2.20. The van der Waals surface area contributed by atoms with Gasteiger partial charge in [0, 0.05) is 27.7 Å². The van der Waals surface area contributed by atoms with Crippen molar-refractivity contribution in [3.8, 4) is 0 Å². The van der Waals surface area contributed by atoms with E-state index in [0.29, 0.717) is 0 Å². The molecule has 1 aliphatic heterocycles. The molecule has 0 N–H and O–H groups in total. The van der Waals surface area contributed by atoms with Gasteiger partial charge in [-0.15, -0.1) is 0 Å². The van der Waals surface area contributed by atoms with E-state index in [1.165, 1.54) is 25.5 Å². The van der Waals surface area contributed by atoms with Gasteiger partial charge < -0.3 is 33.2 Å². The SMILES string of the molecule is C=COC/C=C/O[C@@H]1O[C@H](COC(C)=O)[C@@H](OC(C)=O)[C@H](OC(C)=O)[C@H]1OC(C)=O. The van der Waals surface area contributed by atoms with Crippen LogP contribution in [-0.4, -0.2) is 67.8 Å². The lowest BCUT2D eigenvalue weighted by molar-refractivity contribution is -0.297. The standard InChI is InChI=1S/C19H26O11/c1-6-24-8-7-9-25-19-18(29-14(5)23)17(28-13(4)22)16(27-12(3)21)15(30-19)10-26-11(2)20/h6-7,9,15-19H,1,8,10H2,2-5H3/b9-7+/t15-,16-,17+,18-,19-/m1/s1. The van der Waals surface area contributed by atoms with Crippen LogP contribution in [-0.2, 0) is 52.3 Å². The third-order valence-electron chi connectivity index (χ3n) is 3.57. The number of rotatable bonds is 10. The smallest absolute Gasteiger partial charge is 0.303 e. The van der Waals surface area contributed by atoms with Gasteiger partial charge in [-0.05, 0) is 6.08 Å². The molecule has 11 nitrogen and oxygen atoms in total. The lowest BCUT2D eigenvalue weighted by atomic mass is 9.98. The van der Waals surface area contributed by atoms with Gasteiger partial charge in [0.25, 0.3) is 0 Å². The average molecular weight is 430 g/mol. The fraction of sp³-hybridized carbons (Fsp3) is 0.579. The predicted molar refractivity (Wildman–Crippen MR) is 98.3 cm³/mol. The lowest BCUT2D eigenvalue weighted by Gasteiger charge is -2.43. The molecule has 0 aromatic heterocycles. The molecule has 1 heterocycles. The molecule has 0 aliphatic carbocycles. The Morgan fingerprint density at radius 2 is 1.43 bits per heavy atom. The number of carbonyl (C=O) groups excluding carboxylic acids is 4. The Morgan fingerprint density at radius 1 is 0.867 bits per heavy atom. The van der Waals surface area contributed by atoms with Crippen LogP contribution in [0.3, 0.4) is 0 Å². The molecule has 0 saturated carbocycles. The van der Waals surface area contributed by atoms with Gasteiger partial charge in [0.05, 0.1) is 12.5 Å². The predicted octanol–water partition coefficient (Wildman–Crippen LogP) is 0.760. The summed E-state index contributed by atoms with van der Waals surface area (Å²) < 4.78 is 36.8. The molecule has 1 aliphatic rings. The highest BCUT2D eigenvalue weighted by atomic mass is 16.7. The summed E-state index contributed by atoms with van der Waals surface area (Å²) in [6.45, 7) is 7.81. The van der Waals surface area contributed by atoms with Gasteiger partial charge in [0.15, 0.2) is 12.2 Å². The van der Waals surface area contributed by atoms with Crippen LogP contribution in [0, 0.1) is 0 Å². The highest BCUT2D eigenvalue weighted by Crippen LogP contribution is 2.30. The van der Waals surface area contributed by atoms with Crippen LogP contribution >= 0.6 is 0 Å². The number of carbonyl (C=O) groups is 4. The van der Waals surface area contributed by atoms with Gasteiger partial charge >= 0.3 is 23.9 Å². The average Bonchev–Trinajstić information content (AvgIpc) is 2.63. The maximum absolute atomic E-state index is 11.7. The minimum atomic E-state index is -1.28. The van der Waals surface area contributed by atoms with E-state index in [0.717, 1.165) is 20.8 Å². The molecule has 0 unspecified atom stereocenters. The topological polar surface area (TPSA) is 133 Å². The monoisotopic (exact) mass is 430 g/mol. The van der Waals surface area contributed by atoms with Gasteiger partial charge in [-0.1, -0.05) is 6.58 Å². The molecule has 0 aromatic rings. The Hall–Kier alpha value is -3.08. The van der Waals surface area contributed by atoms with Crippen molar-refractivity contribution in [1.82, 2.24) is 0 Å². The largest absolute Gasteiger partial charge is 0.498 e. The number of esters is 4. The van der Waals surface area contributed by atoms with Crippen molar-refractivity contribution in [2.45, 2.75) is 58.4 Å². The molecule has 1 fully saturated rings. The lowest BCUT2D eigenvalue weighted by Crippen LogP contribution is -2.62. The Labute approximate surface area is 173 Å². The molecule has 168 valence electrons. The first-order valence-electron chi connectivity index (χ1n) is 8.99. The van der Waals surface area contributed by atoms with Crippen molar-refractivity contribution >= 4 is 23.9 Å². The summed E-state index contributed by atoms with van der Waals surface area (Å²) in [5.41, 5.74) is 0. The van der Waals surface area contributed by atoms with Gasteiger partial charge in [-0.25, -0.2) is 0 Å². The summed E-state index contributed by atoms with van der Waals surface area (Å²) in [7, 11) is 0. The van der Waals surface area contributed by atoms with Crippen LogP contribution in [0.25, 0.3) is 0 Å². The Balaban J connectivity index is 3.22. The normalized spacial score (nSPS) is 25.7. The van der Waals surface area contributed by atoms with E-state index in [1.54, 1.807) is 0 Å². The summed E-state index contributed by atoms with van der Waals surface area (Å²) in [5.74, 6) is -2.76. The van der Waals surface area contributed by atoms with Crippen molar-refractivity contribution in [2.75, 3.05) is 13.2 Å². The van der Waals surface area contributed by atoms with Crippen molar-refractivity contribution in [3.05, 3.63) is 25.2 Å². The van der Waals surface area contributed by atoms with Crippen LogP contribution in [0.4, 0.5) is 0 Å². The first kappa shape index (κ1) is 25.0. The third kappa shape index (κ3) is 8.52. The quantitative estimate of drug-likeness (QED) is 0.210. The van der Waals surface area contributed by atoms with E-state index >= 15 is 0 Å². The van der Waals surface area contributed by atoms with Crippen LogP contribution in [0.1, 0.15) is 27.7 Å². The van der Waals surface area contributed by atoms with E-state index < -0.39 is 54.6 Å². The zero-order valence-electron chi connectivity index (χ0n) is 17.2. The Morgan fingerprint density at radius 3 is 1.97 bits per heavy atom. The second-order valence-corrected chi connectivity index (χ2v) is 6.08. The minimum Gasteiger partial charge on any atom is -0.498 e. The van der Waals surface area contributed by atoms with Gasteiger partial charge in [0.1, 0.15) is 19.3 Å². The Kier molecular flexibility index (Phi) is 10.4. The highest BCUT2D eigenvalue weighted by Gasteiger charge is 2.53. The fourth-order valence-electron chi connectivity index (χ4n) is 2.59. The Bertz CT molecular complexity index is 657. The van der Waals surface area contributed by atoms with E-state index in [9.17, 15) is 19.2 Å². The summed E-state index contributed by atoms with van der Waals surface area (Å²) in [6, 6.07) is 0. The molecule has 0 spiro atoms. The first-order valence-corrected chi connectivity index (χ1v) is 8.99. The minimum absolute atomic E-state index is 0.148. The molecule has 1 rings (SSSR count). The van der Waals surface area contributed by atoms with E-state index in [2.05, 4.69) is 6.58 Å². The molecular weight excluding hydrogens is 404 g/mol. The molecular formula is C19H26O11. The third-order valence-corrected chi connectivity index (χ3v) is 3.57. The van der Waals surface area contributed by atoms with Crippen LogP contribution in [0.2, 0.25) is 0 Å². The van der Waals surface area contributed by atoms with E-state index in [1.807, 2.05) is 0 Å². The maximum Gasteiger partial charge on any atom is 0.303 e. The molecule has 0 bridgehead atoms. The molecule has 11 heteroatoms. The zero-order chi connectivity index (χ0) is 22.7. The van der Waals surface area contributed by atoms with Crippen molar-refractivity contribution in [1.29, 1.82) is 0 Å². The fourth-order valence-corrected chi connectivity index (χ4v) is 2.59. The van der Waals surface area contributed by atoms with Crippen LogP contribution < -0.4 is 0 Å². The molecule has 0 radical (unpaired) electrons. The van der Waals surface area contributed by atoms with Crippen LogP contribution in [0.15, 0.2) is 25.2 Å². The second-order valence-electron chi connectivity index (χ2n) is 6.08. The number of hydrogen-bond donors (Lipinski definition) is 0. The van der Waals surface area contributed by atoms with E-state index in [4.69, 9.17) is 33.2 Å². The summed E-state index contributed by atoms with van der Waals surface area (Å²) in [5, 5.41) is 0. The zero-order valence-corrected chi connectivity index (χ0v) is 17.2. The molecule has 5 atom stereocenters. The van der Waals surface area contributed by atoms with Gasteiger partial charge in [-0.3, -0.25) is 19.2 Å². The summed E-state index contributed by atoms with van der Waals surface area (Å²) in [4.78, 5) is 46.2. The second kappa shape index (κ2) is 12.5.